The minimum Gasteiger partial charge on any atom is -0.507 e. The van der Waals surface area contributed by atoms with Crippen LogP contribution in [0.5, 0.6) is 17.2 Å². The maximum Gasteiger partial charge on any atom is 0.295 e. The van der Waals surface area contributed by atoms with Crippen molar-refractivity contribution in [2.45, 2.75) is 45.7 Å². The lowest BCUT2D eigenvalue weighted by molar-refractivity contribution is -0.140. The van der Waals surface area contributed by atoms with Gasteiger partial charge in [-0.3, -0.25) is 9.59 Å². The molecule has 0 spiro atoms. The summed E-state index contributed by atoms with van der Waals surface area (Å²) in [5.74, 6) is -0.0229. The molecule has 1 fully saturated rings. The molecule has 7 nitrogen and oxygen atoms in total. The molecule has 1 saturated heterocycles. The molecule has 1 N–H and O–H groups in total. The third kappa shape index (κ3) is 6.25. The van der Waals surface area contributed by atoms with Gasteiger partial charge in [0.25, 0.3) is 11.7 Å². The average molecular weight is 530 g/mol. The Morgan fingerprint density at radius 1 is 0.872 bits per heavy atom. The van der Waals surface area contributed by atoms with Crippen LogP contribution in [0, 0.1) is 0 Å². The van der Waals surface area contributed by atoms with Crippen LogP contribution in [0.4, 0.5) is 0 Å². The molecule has 1 aliphatic rings. The topological polar surface area (TPSA) is 85.3 Å². The van der Waals surface area contributed by atoms with Gasteiger partial charge in [0, 0.05) is 12.1 Å². The van der Waals surface area contributed by atoms with Gasteiger partial charge in [0.05, 0.1) is 31.9 Å². The number of hydrogen-bond acceptors (Lipinski definition) is 6. The highest BCUT2D eigenvalue weighted by atomic mass is 16.5. The fourth-order valence-corrected chi connectivity index (χ4v) is 4.58. The van der Waals surface area contributed by atoms with Crippen LogP contribution >= 0.6 is 0 Å². The number of nitrogens with zero attached hydrogens (tertiary/aromatic N) is 1. The Morgan fingerprint density at radius 3 is 2.38 bits per heavy atom. The number of methoxy groups -OCH3 is 1. The summed E-state index contributed by atoms with van der Waals surface area (Å²) in [5.41, 5.74) is 1.92. The number of rotatable bonds is 12. The Balaban J connectivity index is 1.81. The van der Waals surface area contributed by atoms with E-state index in [1.807, 2.05) is 43.3 Å². The first-order valence-electron chi connectivity index (χ1n) is 13.3. The van der Waals surface area contributed by atoms with Crippen molar-refractivity contribution in [2.75, 3.05) is 20.3 Å². The van der Waals surface area contributed by atoms with E-state index in [4.69, 9.17) is 14.2 Å². The summed E-state index contributed by atoms with van der Waals surface area (Å²) >= 11 is 0. The third-order valence-corrected chi connectivity index (χ3v) is 6.57. The number of benzene rings is 3. The second-order valence-corrected chi connectivity index (χ2v) is 9.40. The molecule has 1 atom stereocenters. The fraction of sp³-hybridized carbons (Fsp3) is 0.312. The zero-order valence-electron chi connectivity index (χ0n) is 22.7. The zero-order valence-corrected chi connectivity index (χ0v) is 22.7. The van der Waals surface area contributed by atoms with Crippen LogP contribution in [0.15, 0.2) is 78.4 Å². The van der Waals surface area contributed by atoms with E-state index >= 15 is 0 Å². The standard InChI is InChI=1S/C32H35NO6/c1-4-6-18-39-26-16-15-23(20-27(26)37-3)29-28(30(34)24-13-10-14-25(19-24)38-17-5-2)31(35)32(36)33(29)21-22-11-8-7-9-12-22/h7-16,19-20,29,34H,4-6,17-18,21H2,1-3H3/b30-28+. The quantitative estimate of drug-likeness (QED) is 0.129. The number of carbonyl (C=O) groups is 2. The molecular formula is C32H35NO6. The molecule has 0 bridgehead atoms. The van der Waals surface area contributed by atoms with Gasteiger partial charge in [-0.15, -0.1) is 0 Å². The van der Waals surface area contributed by atoms with Gasteiger partial charge in [-0.05, 0) is 48.2 Å². The highest BCUT2D eigenvalue weighted by molar-refractivity contribution is 6.46. The first-order chi connectivity index (χ1) is 19.0. The van der Waals surface area contributed by atoms with E-state index in [1.165, 1.54) is 4.90 Å². The van der Waals surface area contributed by atoms with Gasteiger partial charge in [-0.2, -0.15) is 0 Å². The first kappa shape index (κ1) is 27.8. The van der Waals surface area contributed by atoms with Crippen molar-refractivity contribution in [3.8, 4) is 17.2 Å². The van der Waals surface area contributed by atoms with E-state index < -0.39 is 17.7 Å². The zero-order chi connectivity index (χ0) is 27.8. The summed E-state index contributed by atoms with van der Waals surface area (Å²) in [5, 5.41) is 11.5. The highest BCUT2D eigenvalue weighted by Gasteiger charge is 2.46. The maximum absolute atomic E-state index is 13.5. The van der Waals surface area contributed by atoms with Gasteiger partial charge < -0.3 is 24.2 Å². The van der Waals surface area contributed by atoms with E-state index in [0.29, 0.717) is 41.6 Å². The van der Waals surface area contributed by atoms with Crippen molar-refractivity contribution in [3.05, 3.63) is 95.1 Å². The third-order valence-electron chi connectivity index (χ3n) is 6.57. The second kappa shape index (κ2) is 13.0. The normalized spacial score (nSPS) is 16.4. The Bertz CT molecular complexity index is 1330. The van der Waals surface area contributed by atoms with Gasteiger partial charge in [-0.25, -0.2) is 0 Å². The molecule has 3 aromatic carbocycles. The number of carbonyl (C=O) groups excluding carboxylic acids is 2. The van der Waals surface area contributed by atoms with Crippen molar-refractivity contribution in [3.63, 3.8) is 0 Å². The molecule has 0 aromatic heterocycles. The molecule has 39 heavy (non-hydrogen) atoms. The molecule has 1 amide bonds. The first-order valence-corrected chi connectivity index (χ1v) is 13.3. The number of ketones is 1. The van der Waals surface area contributed by atoms with Gasteiger partial charge in [0.2, 0.25) is 0 Å². The van der Waals surface area contributed by atoms with Crippen LogP contribution in [-0.2, 0) is 16.1 Å². The predicted octanol–water partition coefficient (Wildman–Crippen LogP) is 6.28. The van der Waals surface area contributed by atoms with Crippen LogP contribution in [0.2, 0.25) is 0 Å². The van der Waals surface area contributed by atoms with E-state index in [2.05, 4.69) is 6.92 Å². The van der Waals surface area contributed by atoms with Crippen LogP contribution < -0.4 is 14.2 Å². The lowest BCUT2D eigenvalue weighted by Crippen LogP contribution is -2.29. The summed E-state index contributed by atoms with van der Waals surface area (Å²) in [6.45, 7) is 5.37. The summed E-state index contributed by atoms with van der Waals surface area (Å²) in [7, 11) is 1.55. The highest BCUT2D eigenvalue weighted by Crippen LogP contribution is 2.43. The molecular weight excluding hydrogens is 494 g/mol. The molecule has 0 aliphatic carbocycles. The number of amides is 1. The Morgan fingerprint density at radius 2 is 1.67 bits per heavy atom. The van der Waals surface area contributed by atoms with Gasteiger partial charge in [-0.1, -0.05) is 68.8 Å². The smallest absolute Gasteiger partial charge is 0.295 e. The molecule has 204 valence electrons. The van der Waals surface area contributed by atoms with E-state index in [1.54, 1.807) is 43.5 Å². The summed E-state index contributed by atoms with van der Waals surface area (Å²) < 4.78 is 17.2. The second-order valence-electron chi connectivity index (χ2n) is 9.40. The summed E-state index contributed by atoms with van der Waals surface area (Å²) in [6, 6.07) is 20.9. The van der Waals surface area contributed by atoms with E-state index in [-0.39, 0.29) is 17.9 Å². The SMILES string of the molecule is CCCCOc1ccc(C2/C(=C(\O)c3cccc(OCCC)c3)C(=O)C(=O)N2Cc2ccccc2)cc1OC. The van der Waals surface area contributed by atoms with Crippen LogP contribution in [0.3, 0.4) is 0 Å². The van der Waals surface area contributed by atoms with E-state index in [0.717, 1.165) is 24.8 Å². The van der Waals surface area contributed by atoms with Gasteiger partial charge in [0.1, 0.15) is 11.5 Å². The van der Waals surface area contributed by atoms with Crippen molar-refractivity contribution in [1.29, 1.82) is 0 Å². The van der Waals surface area contributed by atoms with E-state index in [9.17, 15) is 14.7 Å². The lowest BCUT2D eigenvalue weighted by Gasteiger charge is -2.26. The van der Waals surface area contributed by atoms with Crippen molar-refractivity contribution in [1.82, 2.24) is 4.90 Å². The van der Waals surface area contributed by atoms with Gasteiger partial charge >= 0.3 is 0 Å². The van der Waals surface area contributed by atoms with Crippen molar-refractivity contribution >= 4 is 17.4 Å². The van der Waals surface area contributed by atoms with Crippen LogP contribution in [-0.4, -0.2) is 42.0 Å². The van der Waals surface area contributed by atoms with Gasteiger partial charge in [0.15, 0.2) is 11.5 Å². The average Bonchev–Trinajstić information content (AvgIpc) is 3.21. The molecule has 0 radical (unpaired) electrons. The molecule has 0 saturated carbocycles. The molecule has 4 rings (SSSR count). The minimum absolute atomic E-state index is 0.0188. The van der Waals surface area contributed by atoms with Crippen molar-refractivity contribution in [2.24, 2.45) is 0 Å². The predicted molar refractivity (Wildman–Crippen MR) is 150 cm³/mol. The largest absolute Gasteiger partial charge is 0.507 e. The Labute approximate surface area is 229 Å². The number of hydrogen-bond donors (Lipinski definition) is 1. The monoisotopic (exact) mass is 529 g/mol. The lowest BCUT2D eigenvalue weighted by atomic mass is 9.94. The summed E-state index contributed by atoms with van der Waals surface area (Å²) in [6.07, 6.45) is 2.74. The summed E-state index contributed by atoms with van der Waals surface area (Å²) in [4.78, 5) is 28.3. The van der Waals surface area contributed by atoms with Crippen LogP contribution in [0.25, 0.3) is 5.76 Å². The number of ether oxygens (including phenoxy) is 3. The Kier molecular flexibility index (Phi) is 9.26. The molecule has 7 heteroatoms. The Hall–Kier alpha value is -4.26. The fourth-order valence-electron chi connectivity index (χ4n) is 4.58. The number of aliphatic hydroxyl groups is 1. The minimum atomic E-state index is -0.830. The number of Topliss-reactive ketones (excluding diaryl/α,β-unsaturated/α-hetero) is 1. The van der Waals surface area contributed by atoms with Crippen LogP contribution in [0.1, 0.15) is 55.8 Å². The molecule has 3 aromatic rings. The number of unbranched alkanes of at least 4 members (excludes halogenated alkanes) is 1. The maximum atomic E-state index is 13.5. The molecule has 1 aliphatic heterocycles. The molecule has 1 unspecified atom stereocenters. The number of aliphatic hydroxyl groups excluding tert-OH is 1. The van der Waals surface area contributed by atoms with Crippen molar-refractivity contribution < 1.29 is 28.9 Å². The number of likely N-dealkylation sites (tertiary alicyclic amines) is 1. The molecule has 1 heterocycles.